The lowest BCUT2D eigenvalue weighted by molar-refractivity contribution is 0.112. The maximum absolute atomic E-state index is 13.2. The van der Waals surface area contributed by atoms with Gasteiger partial charge in [0.1, 0.15) is 0 Å². The van der Waals surface area contributed by atoms with Crippen molar-refractivity contribution >= 4 is 41.1 Å². The normalized spacial score (nSPS) is 10.4. The van der Waals surface area contributed by atoms with Gasteiger partial charge in [-0.2, -0.15) is 4.39 Å². The highest BCUT2D eigenvalue weighted by molar-refractivity contribution is 6.41. The molecule has 0 fully saturated rings. The number of halogens is 4. The fourth-order valence-electron chi connectivity index (χ4n) is 1.51. The Balaban J connectivity index is 2.76. The van der Waals surface area contributed by atoms with Crippen LogP contribution in [0.5, 0.6) is 0 Å². The number of rotatable bonds is 2. The molecule has 0 aliphatic rings. The van der Waals surface area contributed by atoms with E-state index in [-0.39, 0.29) is 26.9 Å². The molecule has 0 N–H and O–H groups in total. The molecule has 1 aromatic carbocycles. The molecule has 0 saturated heterocycles. The molecular weight excluding hydrogens is 299 g/mol. The molecule has 1 heterocycles. The van der Waals surface area contributed by atoms with Crippen molar-refractivity contribution < 1.29 is 9.18 Å². The molecule has 0 saturated carbocycles. The molecule has 0 unspecified atom stereocenters. The molecule has 0 amide bonds. The van der Waals surface area contributed by atoms with E-state index in [1.165, 1.54) is 18.2 Å². The first-order chi connectivity index (χ1) is 8.52. The summed E-state index contributed by atoms with van der Waals surface area (Å²) >= 11 is 17.8. The summed E-state index contributed by atoms with van der Waals surface area (Å²) in [6, 6.07) is 5.30. The summed E-state index contributed by atoms with van der Waals surface area (Å²) < 4.78 is 13.2. The van der Waals surface area contributed by atoms with Gasteiger partial charge in [0.25, 0.3) is 0 Å². The highest BCUT2D eigenvalue weighted by atomic mass is 35.5. The van der Waals surface area contributed by atoms with Crippen molar-refractivity contribution in [1.82, 2.24) is 4.98 Å². The van der Waals surface area contributed by atoms with Crippen molar-refractivity contribution in [1.29, 1.82) is 0 Å². The summed E-state index contributed by atoms with van der Waals surface area (Å²) in [6.07, 6.45) is 0.559. The molecule has 92 valence electrons. The molecule has 0 spiro atoms. The van der Waals surface area contributed by atoms with Crippen molar-refractivity contribution in [2.75, 3.05) is 0 Å². The van der Waals surface area contributed by atoms with Gasteiger partial charge in [0, 0.05) is 16.1 Å². The Morgan fingerprint density at radius 2 is 1.72 bits per heavy atom. The second-order valence-corrected chi connectivity index (χ2v) is 4.68. The van der Waals surface area contributed by atoms with Crippen molar-refractivity contribution in [2.24, 2.45) is 0 Å². The van der Waals surface area contributed by atoms with Crippen LogP contribution < -0.4 is 0 Å². The average molecular weight is 305 g/mol. The monoisotopic (exact) mass is 303 g/mol. The SMILES string of the molecule is O=Cc1ccc(F)nc1-c1c(Cl)cc(Cl)cc1Cl. The molecule has 2 nitrogen and oxygen atoms in total. The predicted molar refractivity (Wildman–Crippen MR) is 70.0 cm³/mol. The van der Waals surface area contributed by atoms with E-state index in [9.17, 15) is 9.18 Å². The number of benzene rings is 1. The van der Waals surface area contributed by atoms with Crippen LogP contribution in [0.2, 0.25) is 15.1 Å². The first kappa shape index (κ1) is 13.3. The van der Waals surface area contributed by atoms with Gasteiger partial charge in [-0.25, -0.2) is 4.98 Å². The Hall–Kier alpha value is -1.16. The third-order valence-corrected chi connectivity index (χ3v) is 3.08. The zero-order valence-corrected chi connectivity index (χ0v) is 11.0. The molecule has 2 rings (SSSR count). The minimum Gasteiger partial charge on any atom is -0.298 e. The average Bonchev–Trinajstić information content (AvgIpc) is 2.28. The van der Waals surface area contributed by atoms with Crippen LogP contribution in [0.4, 0.5) is 4.39 Å². The second kappa shape index (κ2) is 5.22. The van der Waals surface area contributed by atoms with Crippen molar-refractivity contribution in [3.63, 3.8) is 0 Å². The molecule has 0 aliphatic carbocycles. The number of pyridine rings is 1. The van der Waals surface area contributed by atoms with Crippen LogP contribution in [0.1, 0.15) is 10.4 Å². The number of carbonyl (C=O) groups is 1. The predicted octanol–water partition coefficient (Wildman–Crippen LogP) is 4.66. The van der Waals surface area contributed by atoms with Crippen LogP contribution in [-0.4, -0.2) is 11.3 Å². The molecule has 6 heteroatoms. The number of aromatic nitrogens is 1. The standard InChI is InChI=1S/C12H5Cl3FNO/c13-7-3-8(14)11(9(15)4-7)12-6(5-18)1-2-10(16)17-12/h1-5H. The van der Waals surface area contributed by atoms with Gasteiger partial charge in [0.15, 0.2) is 6.29 Å². The van der Waals surface area contributed by atoms with E-state index in [2.05, 4.69) is 4.98 Å². The summed E-state index contributed by atoms with van der Waals surface area (Å²) in [4.78, 5) is 14.6. The third-order valence-electron chi connectivity index (χ3n) is 2.26. The van der Waals surface area contributed by atoms with Gasteiger partial charge in [-0.15, -0.1) is 0 Å². The van der Waals surface area contributed by atoms with Gasteiger partial charge < -0.3 is 0 Å². The number of hydrogen-bond donors (Lipinski definition) is 0. The highest BCUT2D eigenvalue weighted by Gasteiger charge is 2.16. The fraction of sp³-hybridized carbons (Fsp3) is 0. The van der Waals surface area contributed by atoms with E-state index in [4.69, 9.17) is 34.8 Å². The van der Waals surface area contributed by atoms with Gasteiger partial charge in [-0.3, -0.25) is 4.79 Å². The minimum absolute atomic E-state index is 0.0941. The summed E-state index contributed by atoms with van der Waals surface area (Å²) in [5.41, 5.74) is 0.573. The maximum Gasteiger partial charge on any atom is 0.213 e. The maximum atomic E-state index is 13.2. The molecular formula is C12H5Cl3FNO. The zero-order valence-electron chi connectivity index (χ0n) is 8.75. The van der Waals surface area contributed by atoms with Gasteiger partial charge in [-0.1, -0.05) is 34.8 Å². The van der Waals surface area contributed by atoms with Crippen LogP contribution in [-0.2, 0) is 0 Å². The molecule has 18 heavy (non-hydrogen) atoms. The van der Waals surface area contributed by atoms with Gasteiger partial charge in [0.05, 0.1) is 15.7 Å². The van der Waals surface area contributed by atoms with Crippen molar-refractivity contribution in [3.8, 4) is 11.3 Å². The van der Waals surface area contributed by atoms with Gasteiger partial charge >= 0.3 is 0 Å². The van der Waals surface area contributed by atoms with Crippen LogP contribution in [0.15, 0.2) is 24.3 Å². The van der Waals surface area contributed by atoms with E-state index in [0.29, 0.717) is 11.3 Å². The largest absolute Gasteiger partial charge is 0.298 e. The van der Waals surface area contributed by atoms with Crippen molar-refractivity contribution in [2.45, 2.75) is 0 Å². The molecule has 0 atom stereocenters. The number of aldehydes is 1. The minimum atomic E-state index is -0.724. The Bertz CT molecular complexity index is 608. The van der Waals surface area contributed by atoms with Crippen molar-refractivity contribution in [3.05, 3.63) is 50.8 Å². The van der Waals surface area contributed by atoms with Gasteiger partial charge in [0.2, 0.25) is 5.95 Å². The molecule has 1 aromatic heterocycles. The Morgan fingerprint density at radius 1 is 1.11 bits per heavy atom. The zero-order chi connectivity index (χ0) is 13.3. The first-order valence-corrected chi connectivity index (χ1v) is 5.93. The van der Waals surface area contributed by atoms with E-state index in [1.807, 2.05) is 0 Å². The van der Waals surface area contributed by atoms with Crippen LogP contribution >= 0.6 is 34.8 Å². The van der Waals surface area contributed by atoms with Crippen LogP contribution in [0.25, 0.3) is 11.3 Å². The Morgan fingerprint density at radius 3 is 2.28 bits per heavy atom. The van der Waals surface area contributed by atoms with E-state index < -0.39 is 5.95 Å². The number of hydrogen-bond acceptors (Lipinski definition) is 2. The van der Waals surface area contributed by atoms with E-state index in [1.54, 1.807) is 0 Å². The molecule has 0 bridgehead atoms. The summed E-state index contributed by atoms with van der Waals surface area (Å²) in [5, 5.41) is 0.750. The highest BCUT2D eigenvalue weighted by Crippen LogP contribution is 2.37. The topological polar surface area (TPSA) is 30.0 Å². The number of carbonyl (C=O) groups excluding carboxylic acids is 1. The van der Waals surface area contributed by atoms with Crippen LogP contribution in [0.3, 0.4) is 0 Å². The Labute approximate surface area is 117 Å². The first-order valence-electron chi connectivity index (χ1n) is 4.79. The van der Waals surface area contributed by atoms with E-state index >= 15 is 0 Å². The molecule has 0 aliphatic heterocycles. The van der Waals surface area contributed by atoms with E-state index in [0.717, 1.165) is 6.07 Å². The summed E-state index contributed by atoms with van der Waals surface area (Å²) in [6.45, 7) is 0. The summed E-state index contributed by atoms with van der Waals surface area (Å²) in [7, 11) is 0. The quantitative estimate of drug-likeness (QED) is 0.596. The third kappa shape index (κ3) is 2.48. The lowest BCUT2D eigenvalue weighted by Gasteiger charge is -2.09. The lowest BCUT2D eigenvalue weighted by Crippen LogP contribution is -1.96. The molecule has 2 aromatic rings. The fourth-order valence-corrected chi connectivity index (χ4v) is 2.51. The summed E-state index contributed by atoms with van der Waals surface area (Å²) in [5.74, 6) is -0.724. The Kier molecular flexibility index (Phi) is 3.85. The lowest BCUT2D eigenvalue weighted by atomic mass is 10.1. The number of nitrogens with zero attached hydrogens (tertiary/aromatic N) is 1. The van der Waals surface area contributed by atoms with Crippen LogP contribution in [0, 0.1) is 5.95 Å². The second-order valence-electron chi connectivity index (χ2n) is 3.43. The smallest absolute Gasteiger partial charge is 0.213 e. The van der Waals surface area contributed by atoms with Gasteiger partial charge in [-0.05, 0) is 24.3 Å². The molecule has 0 radical (unpaired) electrons.